The van der Waals surface area contributed by atoms with E-state index >= 15 is 0 Å². The number of thioether (sulfide) groups is 1. The van der Waals surface area contributed by atoms with Crippen LogP contribution in [0.1, 0.15) is 63.7 Å². The first-order valence-electron chi connectivity index (χ1n) is 13.5. The van der Waals surface area contributed by atoms with Gasteiger partial charge in [-0.2, -0.15) is 0 Å². The average molecular weight is 625 g/mol. The van der Waals surface area contributed by atoms with Crippen LogP contribution in [0.5, 0.6) is 5.75 Å². The molecule has 0 fully saturated rings. The van der Waals surface area contributed by atoms with Gasteiger partial charge in [0.15, 0.2) is 10.1 Å². The molecule has 0 radical (unpaired) electrons. The minimum Gasteiger partial charge on any atom is -0.503 e. The number of unbranched alkanes of at least 4 members (excludes halogenated alkanes) is 2. The number of nitrogens with zero attached hydrogens (tertiary/aromatic N) is 4. The summed E-state index contributed by atoms with van der Waals surface area (Å²) in [6.45, 7) is 6.18. The minimum absolute atomic E-state index is 0.0503. The van der Waals surface area contributed by atoms with Gasteiger partial charge in [0.2, 0.25) is 10.9 Å². The Labute approximate surface area is 255 Å². The van der Waals surface area contributed by atoms with E-state index in [2.05, 4.69) is 22.1 Å². The maximum Gasteiger partial charge on any atom is 0.296 e. The molecule has 1 aliphatic rings. The average Bonchev–Trinajstić information content (AvgIpc) is 3.66. The minimum atomic E-state index is -0.969. The Kier molecular flexibility index (Phi) is 9.34. The van der Waals surface area contributed by atoms with Crippen molar-refractivity contribution in [2.45, 2.75) is 56.2 Å². The molecular weight excluding hydrogens is 596 g/mol. The quantitative estimate of drug-likeness (QED) is 0.0753. The maximum atomic E-state index is 14.1. The summed E-state index contributed by atoms with van der Waals surface area (Å²) >= 11 is 3.64. The third-order valence-electron chi connectivity index (χ3n) is 6.66. The first kappa shape index (κ1) is 29.9. The zero-order chi connectivity index (χ0) is 29.8. The molecule has 3 heterocycles. The normalized spacial score (nSPS) is 15.1. The molecule has 42 heavy (non-hydrogen) atoms. The highest BCUT2D eigenvalue weighted by atomic mass is 32.2. The van der Waals surface area contributed by atoms with Crippen LogP contribution in [0.25, 0.3) is 0 Å². The summed E-state index contributed by atoms with van der Waals surface area (Å²) in [6.07, 6.45) is 3.01. The van der Waals surface area contributed by atoms with Crippen LogP contribution in [0.2, 0.25) is 0 Å². The second-order valence-electron chi connectivity index (χ2n) is 9.68. The number of aliphatic hydroxyl groups excluding tert-OH is 1. The van der Waals surface area contributed by atoms with Crippen molar-refractivity contribution >= 4 is 51.3 Å². The molecule has 5 rings (SSSR count). The fourth-order valence-electron chi connectivity index (χ4n) is 4.64. The summed E-state index contributed by atoms with van der Waals surface area (Å²) < 4.78 is 20.6. The molecule has 8 nitrogen and oxygen atoms in total. The van der Waals surface area contributed by atoms with Crippen LogP contribution in [-0.2, 0) is 10.5 Å². The molecule has 2 aromatic carbocycles. The molecule has 0 spiro atoms. The standard InChI is InChI=1S/C30H29FN4O4S3/c1-4-5-8-14-39-21-12-9-11-19(15-21)24-23(25(36)27-17(2)32-18(3)41-27)26(37)28(38)35(24)29-33-34-30(42-29)40-16-20-10-6-7-13-22(20)31/h6-7,9-13,15,24,37H,4-5,8,14,16H2,1-3H3. The molecule has 1 N–H and O–H groups in total. The summed E-state index contributed by atoms with van der Waals surface area (Å²) in [5.41, 5.74) is 1.58. The number of carbonyl (C=O) groups is 2. The smallest absolute Gasteiger partial charge is 0.296 e. The highest BCUT2D eigenvalue weighted by Gasteiger charge is 2.46. The van der Waals surface area contributed by atoms with E-state index in [1.165, 1.54) is 34.1 Å². The molecule has 1 atom stereocenters. The number of carbonyl (C=O) groups excluding carboxylic acids is 2. The van der Waals surface area contributed by atoms with Crippen molar-refractivity contribution in [2.75, 3.05) is 11.5 Å². The van der Waals surface area contributed by atoms with Gasteiger partial charge < -0.3 is 9.84 Å². The fraction of sp³-hybridized carbons (Fsp3) is 0.300. The lowest BCUT2D eigenvalue weighted by Gasteiger charge is -2.24. The van der Waals surface area contributed by atoms with Crippen LogP contribution >= 0.6 is 34.4 Å². The van der Waals surface area contributed by atoms with Gasteiger partial charge in [0.25, 0.3) is 5.91 Å². The second kappa shape index (κ2) is 13.1. The Bertz CT molecular complexity index is 1650. The molecular formula is C30H29FN4O4S3. The lowest BCUT2D eigenvalue weighted by Crippen LogP contribution is -2.31. The number of rotatable bonds is 12. The molecule has 0 saturated heterocycles. The molecule has 12 heteroatoms. The number of halogens is 1. The van der Waals surface area contributed by atoms with E-state index in [1.807, 2.05) is 6.07 Å². The molecule has 0 bridgehead atoms. The number of ketones is 1. The van der Waals surface area contributed by atoms with E-state index in [9.17, 15) is 19.1 Å². The van der Waals surface area contributed by atoms with Gasteiger partial charge in [-0.05, 0) is 49.6 Å². The van der Waals surface area contributed by atoms with E-state index in [0.717, 1.165) is 30.6 Å². The van der Waals surface area contributed by atoms with Crippen molar-refractivity contribution in [3.63, 3.8) is 0 Å². The molecule has 0 saturated carbocycles. The van der Waals surface area contributed by atoms with Gasteiger partial charge in [0, 0.05) is 5.75 Å². The van der Waals surface area contributed by atoms with Gasteiger partial charge in [-0.15, -0.1) is 21.5 Å². The van der Waals surface area contributed by atoms with Crippen molar-refractivity contribution in [2.24, 2.45) is 0 Å². The SMILES string of the molecule is CCCCCOc1cccc(C2C(C(=O)c3sc(C)nc3C)=C(O)C(=O)N2c2nnc(SCc3ccccc3F)s2)c1. The highest BCUT2D eigenvalue weighted by Crippen LogP contribution is 2.45. The summed E-state index contributed by atoms with van der Waals surface area (Å²) in [5, 5.41) is 20.5. The number of aromatic nitrogens is 3. The number of aryl methyl sites for hydroxylation is 2. The Morgan fingerprint density at radius 3 is 2.67 bits per heavy atom. The number of ether oxygens (including phenoxy) is 1. The molecule has 218 valence electrons. The zero-order valence-corrected chi connectivity index (χ0v) is 25.7. The largest absolute Gasteiger partial charge is 0.503 e. The molecule has 1 aliphatic heterocycles. The van der Waals surface area contributed by atoms with Crippen LogP contribution in [0, 0.1) is 19.7 Å². The monoisotopic (exact) mass is 624 g/mol. The predicted octanol–water partition coefficient (Wildman–Crippen LogP) is 7.39. The molecule has 1 amide bonds. The van der Waals surface area contributed by atoms with Gasteiger partial charge in [0.05, 0.1) is 33.8 Å². The van der Waals surface area contributed by atoms with Crippen LogP contribution < -0.4 is 9.64 Å². The number of Topliss-reactive ketones (excluding diaryl/α,β-unsaturated/α-hetero) is 1. The maximum absolute atomic E-state index is 14.1. The molecule has 1 unspecified atom stereocenters. The Morgan fingerprint density at radius 2 is 1.93 bits per heavy atom. The van der Waals surface area contributed by atoms with Crippen molar-refractivity contribution in [1.29, 1.82) is 0 Å². The molecule has 4 aromatic rings. The number of thiazole rings is 1. The number of hydrogen-bond donors (Lipinski definition) is 1. The summed E-state index contributed by atoms with van der Waals surface area (Å²) in [5.74, 6) is -1.25. The lowest BCUT2D eigenvalue weighted by molar-refractivity contribution is -0.117. The second-order valence-corrected chi connectivity index (χ2v) is 13.1. The third-order valence-corrected chi connectivity index (χ3v) is 9.84. The van der Waals surface area contributed by atoms with E-state index < -0.39 is 23.5 Å². The van der Waals surface area contributed by atoms with Gasteiger partial charge in [0.1, 0.15) is 11.6 Å². The number of amides is 1. The van der Waals surface area contributed by atoms with Crippen LogP contribution in [0.3, 0.4) is 0 Å². The topological polar surface area (TPSA) is 106 Å². The van der Waals surface area contributed by atoms with Crippen molar-refractivity contribution in [3.05, 3.63) is 92.4 Å². The van der Waals surface area contributed by atoms with Gasteiger partial charge in [-0.25, -0.2) is 9.37 Å². The summed E-state index contributed by atoms with van der Waals surface area (Å²) in [6, 6.07) is 12.7. The number of anilines is 1. The van der Waals surface area contributed by atoms with Crippen LogP contribution in [0.4, 0.5) is 9.52 Å². The van der Waals surface area contributed by atoms with Crippen LogP contribution in [-0.4, -0.2) is 38.6 Å². The fourth-order valence-corrected chi connectivity index (χ4v) is 7.37. The Morgan fingerprint density at radius 1 is 1.12 bits per heavy atom. The first-order valence-corrected chi connectivity index (χ1v) is 16.1. The summed E-state index contributed by atoms with van der Waals surface area (Å²) in [4.78, 5) is 33.5. The number of aliphatic hydroxyl groups is 1. The predicted molar refractivity (Wildman–Crippen MR) is 163 cm³/mol. The summed E-state index contributed by atoms with van der Waals surface area (Å²) in [7, 11) is 0. The van der Waals surface area contributed by atoms with Crippen molar-refractivity contribution in [3.8, 4) is 5.75 Å². The number of hydrogen-bond acceptors (Lipinski definition) is 10. The van der Waals surface area contributed by atoms with E-state index in [0.29, 0.717) is 49.2 Å². The highest BCUT2D eigenvalue weighted by molar-refractivity contribution is 8.00. The first-order chi connectivity index (χ1) is 20.3. The van der Waals surface area contributed by atoms with E-state index in [4.69, 9.17) is 4.74 Å². The van der Waals surface area contributed by atoms with E-state index in [-0.39, 0.29) is 16.5 Å². The third kappa shape index (κ3) is 6.25. The lowest BCUT2D eigenvalue weighted by atomic mass is 9.95. The molecule has 0 aliphatic carbocycles. The van der Waals surface area contributed by atoms with Gasteiger partial charge >= 0.3 is 0 Å². The number of benzene rings is 2. The van der Waals surface area contributed by atoms with E-state index in [1.54, 1.807) is 50.2 Å². The molecule has 2 aromatic heterocycles. The van der Waals surface area contributed by atoms with Gasteiger partial charge in [-0.1, -0.05) is 73.2 Å². The van der Waals surface area contributed by atoms with Crippen LogP contribution in [0.15, 0.2) is 64.2 Å². The van der Waals surface area contributed by atoms with Crippen molar-refractivity contribution < 1.29 is 23.8 Å². The zero-order valence-electron chi connectivity index (χ0n) is 23.3. The Hall–Kier alpha value is -3.61. The van der Waals surface area contributed by atoms with Gasteiger partial charge in [-0.3, -0.25) is 14.5 Å². The van der Waals surface area contributed by atoms with Crippen molar-refractivity contribution in [1.82, 2.24) is 15.2 Å². The Balaban J connectivity index is 1.50.